The van der Waals surface area contributed by atoms with Crippen LogP contribution in [0.25, 0.3) is 10.8 Å². The van der Waals surface area contributed by atoms with E-state index in [-0.39, 0.29) is 4.90 Å². The first-order valence-electron chi connectivity index (χ1n) is 12.5. The maximum absolute atomic E-state index is 14.2. The van der Waals surface area contributed by atoms with Crippen LogP contribution < -0.4 is 14.4 Å². The second-order valence-electron chi connectivity index (χ2n) is 9.20. The largest absolute Gasteiger partial charge is 0.457 e. The maximum atomic E-state index is 14.2. The van der Waals surface area contributed by atoms with Crippen LogP contribution in [0.5, 0.6) is 11.5 Å². The molecule has 0 heterocycles. The molecule has 0 bridgehead atoms. The molecular formula is C32H28N2O4S. The van der Waals surface area contributed by atoms with E-state index >= 15 is 0 Å². The highest BCUT2D eigenvalue weighted by Crippen LogP contribution is 2.32. The van der Waals surface area contributed by atoms with Crippen LogP contribution in [0.2, 0.25) is 0 Å². The van der Waals surface area contributed by atoms with E-state index in [4.69, 9.17) is 4.74 Å². The Hall–Kier alpha value is -4.62. The van der Waals surface area contributed by atoms with Gasteiger partial charge in [0.05, 0.1) is 10.6 Å². The summed E-state index contributed by atoms with van der Waals surface area (Å²) >= 11 is 0. The number of nitrogens with one attached hydrogen (secondary N) is 1. The van der Waals surface area contributed by atoms with Crippen LogP contribution in [-0.2, 0) is 14.8 Å². The molecule has 0 aromatic heterocycles. The van der Waals surface area contributed by atoms with Crippen molar-refractivity contribution in [3.05, 3.63) is 126 Å². The highest BCUT2D eigenvalue weighted by atomic mass is 32.2. The Morgan fingerprint density at radius 2 is 1.44 bits per heavy atom. The van der Waals surface area contributed by atoms with Crippen molar-refractivity contribution < 1.29 is 17.9 Å². The number of anilines is 2. The molecule has 0 aliphatic rings. The average Bonchev–Trinajstić information content (AvgIpc) is 2.94. The molecule has 6 nitrogen and oxygen atoms in total. The second kappa shape index (κ2) is 11.0. The van der Waals surface area contributed by atoms with Gasteiger partial charge >= 0.3 is 0 Å². The van der Waals surface area contributed by atoms with E-state index in [0.29, 0.717) is 28.3 Å². The molecule has 0 unspecified atom stereocenters. The molecule has 0 atom stereocenters. The van der Waals surface area contributed by atoms with Gasteiger partial charge < -0.3 is 10.1 Å². The van der Waals surface area contributed by atoms with Crippen molar-refractivity contribution in [2.45, 2.75) is 18.7 Å². The zero-order valence-electron chi connectivity index (χ0n) is 21.7. The molecule has 1 amide bonds. The van der Waals surface area contributed by atoms with E-state index in [1.165, 1.54) is 4.31 Å². The highest BCUT2D eigenvalue weighted by Gasteiger charge is 2.30. The smallest absolute Gasteiger partial charge is 0.265 e. The van der Waals surface area contributed by atoms with E-state index < -0.39 is 22.5 Å². The lowest BCUT2D eigenvalue weighted by atomic mass is 10.1. The Balaban J connectivity index is 1.48. The van der Waals surface area contributed by atoms with E-state index in [1.54, 1.807) is 60.7 Å². The summed E-state index contributed by atoms with van der Waals surface area (Å²) in [5.41, 5.74) is 2.67. The first-order chi connectivity index (χ1) is 18.8. The number of fused-ring (bicyclic) bond motifs is 1. The lowest BCUT2D eigenvalue weighted by Gasteiger charge is -2.27. The third kappa shape index (κ3) is 5.63. The summed E-state index contributed by atoms with van der Waals surface area (Å²) in [6.07, 6.45) is 0. The number of nitrogens with zero attached hydrogens (tertiary/aromatic N) is 1. The number of para-hydroxylation sites is 1. The molecule has 0 aliphatic carbocycles. The molecule has 5 aromatic rings. The minimum atomic E-state index is -4.11. The van der Waals surface area contributed by atoms with Crippen molar-refractivity contribution in [2.75, 3.05) is 16.2 Å². The number of ether oxygens (including phenoxy) is 1. The Bertz CT molecular complexity index is 1750. The number of rotatable bonds is 8. The third-order valence-corrected chi connectivity index (χ3v) is 8.36. The van der Waals surface area contributed by atoms with Gasteiger partial charge in [0, 0.05) is 17.1 Å². The van der Waals surface area contributed by atoms with Gasteiger partial charge in [0.2, 0.25) is 5.91 Å². The number of aryl methyl sites for hydroxylation is 1. The molecule has 5 rings (SSSR count). The predicted molar refractivity (Wildman–Crippen MR) is 156 cm³/mol. The number of benzene rings is 5. The van der Waals surface area contributed by atoms with Gasteiger partial charge in [-0.2, -0.15) is 0 Å². The second-order valence-corrected chi connectivity index (χ2v) is 11.0. The number of sulfonamides is 1. The fourth-order valence-electron chi connectivity index (χ4n) is 4.44. The van der Waals surface area contributed by atoms with Crippen LogP contribution in [0.15, 0.2) is 120 Å². The summed E-state index contributed by atoms with van der Waals surface area (Å²) in [6, 6.07) is 34.2. The lowest BCUT2D eigenvalue weighted by Crippen LogP contribution is -2.38. The van der Waals surface area contributed by atoms with Gasteiger partial charge in [-0.1, -0.05) is 72.8 Å². The van der Waals surface area contributed by atoms with Crippen LogP contribution in [0, 0.1) is 13.8 Å². The monoisotopic (exact) mass is 536 g/mol. The van der Waals surface area contributed by atoms with Gasteiger partial charge in [-0.3, -0.25) is 9.10 Å². The van der Waals surface area contributed by atoms with Crippen molar-refractivity contribution in [1.29, 1.82) is 0 Å². The number of amides is 1. The van der Waals surface area contributed by atoms with Crippen molar-refractivity contribution in [3.63, 3.8) is 0 Å². The summed E-state index contributed by atoms with van der Waals surface area (Å²) in [7, 11) is -4.11. The molecule has 5 aromatic carbocycles. The molecule has 0 saturated heterocycles. The topological polar surface area (TPSA) is 75.7 Å². The molecule has 0 radical (unpaired) electrons. The summed E-state index contributed by atoms with van der Waals surface area (Å²) in [4.78, 5) is 13.5. The number of carbonyl (C=O) groups is 1. The van der Waals surface area contributed by atoms with E-state index in [0.717, 1.165) is 16.5 Å². The highest BCUT2D eigenvalue weighted by molar-refractivity contribution is 7.93. The average molecular weight is 537 g/mol. The summed E-state index contributed by atoms with van der Waals surface area (Å²) < 4.78 is 35.4. The zero-order valence-corrected chi connectivity index (χ0v) is 22.5. The van der Waals surface area contributed by atoms with Crippen molar-refractivity contribution in [1.82, 2.24) is 0 Å². The van der Waals surface area contributed by atoms with Gasteiger partial charge in [-0.15, -0.1) is 0 Å². The quantitative estimate of drug-likeness (QED) is 0.230. The first-order valence-corrected chi connectivity index (χ1v) is 14.0. The summed E-state index contributed by atoms with van der Waals surface area (Å²) in [5, 5.41) is 4.24. The zero-order chi connectivity index (χ0) is 27.4. The maximum Gasteiger partial charge on any atom is 0.265 e. The molecule has 0 spiro atoms. The van der Waals surface area contributed by atoms with Crippen molar-refractivity contribution in [2.24, 2.45) is 0 Å². The summed E-state index contributed by atoms with van der Waals surface area (Å²) in [5.74, 6) is 0.744. The molecule has 39 heavy (non-hydrogen) atoms. The molecule has 0 aliphatic heterocycles. The lowest BCUT2D eigenvalue weighted by molar-refractivity contribution is -0.114. The van der Waals surface area contributed by atoms with Crippen LogP contribution >= 0.6 is 0 Å². The van der Waals surface area contributed by atoms with E-state index in [9.17, 15) is 13.2 Å². The molecule has 196 valence electrons. The van der Waals surface area contributed by atoms with Crippen LogP contribution in [0.3, 0.4) is 0 Å². The SMILES string of the molecule is Cc1cccc(N(CC(=O)Nc2cccc(Oc3ccccc3)c2)S(=O)(=O)c2cccc3ccccc23)c1C. The number of hydrogen-bond acceptors (Lipinski definition) is 4. The minimum absolute atomic E-state index is 0.146. The number of carbonyl (C=O) groups excluding carboxylic acids is 1. The van der Waals surface area contributed by atoms with Gasteiger partial charge in [-0.05, 0) is 66.8 Å². The molecule has 0 fully saturated rings. The minimum Gasteiger partial charge on any atom is -0.457 e. The van der Waals surface area contributed by atoms with Crippen LogP contribution in [0.1, 0.15) is 11.1 Å². The van der Waals surface area contributed by atoms with Crippen molar-refractivity contribution >= 4 is 38.1 Å². The normalized spacial score (nSPS) is 11.2. The van der Waals surface area contributed by atoms with Gasteiger partial charge in [0.15, 0.2) is 0 Å². The Labute approximate surface area is 228 Å². The van der Waals surface area contributed by atoms with Gasteiger partial charge in [0.1, 0.15) is 18.0 Å². The Morgan fingerprint density at radius 3 is 2.26 bits per heavy atom. The van der Waals surface area contributed by atoms with Crippen molar-refractivity contribution in [3.8, 4) is 11.5 Å². The standard InChI is InChI=1S/C32H28N2O4S/c1-23-11-8-19-30(24(23)2)34(39(36,37)31-20-9-13-25-12-6-7-18-29(25)31)22-32(35)33-26-14-10-17-28(21-26)38-27-15-4-3-5-16-27/h3-21H,22H2,1-2H3,(H,33,35). The van der Waals surface area contributed by atoms with E-state index in [1.807, 2.05) is 68.4 Å². The first kappa shape index (κ1) is 26.0. The predicted octanol–water partition coefficient (Wildman–Crippen LogP) is 7.08. The van der Waals surface area contributed by atoms with Gasteiger partial charge in [-0.25, -0.2) is 8.42 Å². The Morgan fingerprint density at radius 1 is 0.769 bits per heavy atom. The molecular weight excluding hydrogens is 508 g/mol. The fourth-order valence-corrected chi connectivity index (χ4v) is 6.13. The summed E-state index contributed by atoms with van der Waals surface area (Å²) in [6.45, 7) is 3.37. The molecule has 0 saturated carbocycles. The Kier molecular flexibility index (Phi) is 7.34. The molecule has 1 N–H and O–H groups in total. The van der Waals surface area contributed by atoms with Crippen LogP contribution in [-0.4, -0.2) is 20.9 Å². The van der Waals surface area contributed by atoms with E-state index in [2.05, 4.69) is 5.32 Å². The van der Waals surface area contributed by atoms with Gasteiger partial charge in [0.25, 0.3) is 10.0 Å². The number of hydrogen-bond donors (Lipinski definition) is 1. The fraction of sp³-hybridized carbons (Fsp3) is 0.0938. The van der Waals surface area contributed by atoms with Crippen LogP contribution in [0.4, 0.5) is 11.4 Å². The molecule has 7 heteroatoms. The third-order valence-electron chi connectivity index (χ3n) is 6.55.